The highest BCUT2D eigenvalue weighted by molar-refractivity contribution is 7.36. The van der Waals surface area contributed by atoms with Crippen molar-refractivity contribution in [3.8, 4) is 0 Å². The molecule has 0 fully saturated rings. The molecule has 0 nitrogen and oxygen atoms in total. The average Bonchev–Trinajstić information content (AvgIpc) is 2.01. The third kappa shape index (κ3) is 6.81. The van der Waals surface area contributed by atoms with Gasteiger partial charge < -0.3 is 0 Å². The number of hydrogen-bond acceptors (Lipinski definition) is 0. The van der Waals surface area contributed by atoms with E-state index in [9.17, 15) is 0 Å². The van der Waals surface area contributed by atoms with E-state index in [1.807, 2.05) is 0 Å². The lowest BCUT2D eigenvalue weighted by molar-refractivity contribution is 0.430. The largest absolute Gasteiger partial charge is 0.125 e. The first-order valence-corrected chi connectivity index (χ1v) is 6.70. The Morgan fingerprint density at radius 3 is 1.91 bits per heavy atom. The molecule has 0 aromatic carbocycles. The van der Waals surface area contributed by atoms with Crippen LogP contribution >= 0.6 is 8.58 Å². The van der Waals surface area contributed by atoms with Crippen LogP contribution in [0.25, 0.3) is 0 Å². The van der Waals surface area contributed by atoms with Crippen LogP contribution in [0.2, 0.25) is 0 Å². The maximum Gasteiger partial charge on any atom is -0.0353 e. The molecule has 0 N–H and O–H groups in total. The van der Waals surface area contributed by atoms with Crippen LogP contribution in [0.3, 0.4) is 0 Å². The molecule has 1 heteroatoms. The summed E-state index contributed by atoms with van der Waals surface area (Å²) >= 11 is 0. The van der Waals surface area contributed by atoms with Crippen molar-refractivity contribution in [3.63, 3.8) is 0 Å². The van der Waals surface area contributed by atoms with Crippen LogP contribution in [0.1, 0.15) is 46.0 Å². The van der Waals surface area contributed by atoms with E-state index < -0.39 is 0 Å². The molecule has 0 rings (SSSR count). The van der Waals surface area contributed by atoms with Gasteiger partial charge in [-0.15, -0.1) is 8.58 Å². The second kappa shape index (κ2) is 8.53. The maximum absolute atomic E-state index is 2.31. The van der Waals surface area contributed by atoms with Crippen molar-refractivity contribution in [1.29, 1.82) is 0 Å². The fourth-order valence-corrected chi connectivity index (χ4v) is 2.29. The van der Waals surface area contributed by atoms with Gasteiger partial charge in [-0.25, -0.2) is 0 Å². The summed E-state index contributed by atoms with van der Waals surface area (Å²) < 4.78 is 0. The van der Waals surface area contributed by atoms with E-state index in [1.165, 1.54) is 38.3 Å². The van der Waals surface area contributed by atoms with Crippen LogP contribution in [0.15, 0.2) is 0 Å². The first kappa shape index (κ1) is 11.4. The van der Waals surface area contributed by atoms with Gasteiger partial charge in [0.2, 0.25) is 0 Å². The predicted molar refractivity (Wildman–Crippen MR) is 57.0 cm³/mol. The van der Waals surface area contributed by atoms with E-state index in [2.05, 4.69) is 20.5 Å². The van der Waals surface area contributed by atoms with Crippen molar-refractivity contribution in [2.45, 2.75) is 46.0 Å². The molecule has 0 heterocycles. The molecule has 0 saturated heterocycles. The minimum absolute atomic E-state index is 1.04. The molecule has 0 aliphatic carbocycles. The van der Waals surface area contributed by atoms with E-state index in [0.717, 1.165) is 14.5 Å². The molecule has 1 unspecified atom stereocenters. The molecule has 0 spiro atoms. The van der Waals surface area contributed by atoms with Gasteiger partial charge in [0.25, 0.3) is 0 Å². The Kier molecular flexibility index (Phi) is 8.86. The lowest BCUT2D eigenvalue weighted by Gasteiger charge is -2.13. The predicted octanol–water partition coefficient (Wildman–Crippen LogP) is 3.90. The van der Waals surface area contributed by atoms with Gasteiger partial charge >= 0.3 is 0 Å². The summed E-state index contributed by atoms with van der Waals surface area (Å²) in [6.07, 6.45) is 8.60. The lowest BCUT2D eigenvalue weighted by atomic mass is 9.96. The zero-order valence-corrected chi connectivity index (χ0v) is 9.32. The number of hydrogen-bond donors (Lipinski definition) is 0. The highest BCUT2D eigenvalue weighted by atomic mass is 31.1. The van der Waals surface area contributed by atoms with E-state index in [0.29, 0.717) is 0 Å². The molecule has 0 amide bonds. The Labute approximate surface area is 73.9 Å². The van der Waals surface area contributed by atoms with E-state index >= 15 is 0 Å². The van der Waals surface area contributed by atoms with Gasteiger partial charge in [-0.1, -0.05) is 39.5 Å². The van der Waals surface area contributed by atoms with Crippen molar-refractivity contribution in [1.82, 2.24) is 0 Å². The average molecular weight is 174 g/mol. The van der Waals surface area contributed by atoms with E-state index in [-0.39, 0.29) is 0 Å². The summed E-state index contributed by atoms with van der Waals surface area (Å²) in [5, 5.41) is 0. The Morgan fingerprint density at radius 2 is 1.55 bits per heavy atom. The zero-order chi connectivity index (χ0) is 8.53. The molecule has 0 aromatic heterocycles. The second-order valence-corrected chi connectivity index (χ2v) is 4.54. The molecule has 0 saturated carbocycles. The quantitative estimate of drug-likeness (QED) is 0.513. The van der Waals surface area contributed by atoms with Crippen molar-refractivity contribution in [2.75, 3.05) is 12.8 Å². The summed E-state index contributed by atoms with van der Waals surface area (Å²) in [6, 6.07) is 0. The van der Waals surface area contributed by atoms with Crippen molar-refractivity contribution in [3.05, 3.63) is 0 Å². The third-order valence-corrected chi connectivity index (χ3v) is 2.99. The SMILES string of the molecule is CCCC(CCC)CCPC. The molecular formula is C10H23P. The minimum Gasteiger partial charge on any atom is -0.125 e. The molecule has 0 aromatic rings. The lowest BCUT2D eigenvalue weighted by Crippen LogP contribution is -2.00. The summed E-state index contributed by atoms with van der Waals surface area (Å²) in [4.78, 5) is 0. The smallest absolute Gasteiger partial charge is 0.0353 e. The molecule has 1 atom stereocenters. The summed E-state index contributed by atoms with van der Waals surface area (Å²) in [5.41, 5.74) is 0. The first-order valence-electron chi connectivity index (χ1n) is 4.99. The molecule has 0 aliphatic heterocycles. The van der Waals surface area contributed by atoms with Gasteiger partial charge in [-0.3, -0.25) is 0 Å². The van der Waals surface area contributed by atoms with Crippen LogP contribution in [-0.2, 0) is 0 Å². The normalized spacial score (nSPS) is 12.0. The minimum atomic E-state index is 1.04. The third-order valence-electron chi connectivity index (χ3n) is 2.20. The van der Waals surface area contributed by atoms with Crippen molar-refractivity contribution >= 4 is 8.58 Å². The Bertz CT molecular complexity index is 65.3. The molecule has 0 bridgehead atoms. The highest BCUT2D eigenvalue weighted by Crippen LogP contribution is 2.20. The van der Waals surface area contributed by atoms with E-state index in [1.54, 1.807) is 0 Å². The monoisotopic (exact) mass is 174 g/mol. The van der Waals surface area contributed by atoms with E-state index in [4.69, 9.17) is 0 Å². The fraction of sp³-hybridized carbons (Fsp3) is 1.00. The van der Waals surface area contributed by atoms with Crippen molar-refractivity contribution in [2.24, 2.45) is 5.92 Å². The molecular weight excluding hydrogens is 151 g/mol. The van der Waals surface area contributed by atoms with Gasteiger partial charge in [-0.2, -0.15) is 0 Å². The summed E-state index contributed by atoms with van der Waals surface area (Å²) in [6.45, 7) is 6.92. The van der Waals surface area contributed by atoms with Gasteiger partial charge in [0.1, 0.15) is 0 Å². The topological polar surface area (TPSA) is 0 Å². The van der Waals surface area contributed by atoms with Crippen LogP contribution in [-0.4, -0.2) is 12.8 Å². The standard InChI is InChI=1S/C10H23P/c1-4-6-10(7-5-2)8-9-11-3/h10-11H,4-9H2,1-3H3. The van der Waals surface area contributed by atoms with Crippen LogP contribution in [0, 0.1) is 5.92 Å². The van der Waals surface area contributed by atoms with Gasteiger partial charge in [0, 0.05) is 0 Å². The van der Waals surface area contributed by atoms with Crippen molar-refractivity contribution < 1.29 is 0 Å². The molecule has 11 heavy (non-hydrogen) atoms. The zero-order valence-electron chi connectivity index (χ0n) is 8.32. The Balaban J connectivity index is 3.34. The second-order valence-electron chi connectivity index (χ2n) is 3.34. The highest BCUT2D eigenvalue weighted by Gasteiger charge is 2.04. The van der Waals surface area contributed by atoms with Gasteiger partial charge in [0.15, 0.2) is 0 Å². The van der Waals surface area contributed by atoms with Gasteiger partial charge in [-0.05, 0) is 25.2 Å². The molecule has 0 aliphatic rings. The Morgan fingerprint density at radius 1 is 1.00 bits per heavy atom. The summed E-state index contributed by atoms with van der Waals surface area (Å²) in [5.74, 6) is 1.04. The number of rotatable bonds is 7. The van der Waals surface area contributed by atoms with Crippen LogP contribution in [0.4, 0.5) is 0 Å². The van der Waals surface area contributed by atoms with Gasteiger partial charge in [0.05, 0.1) is 0 Å². The summed E-state index contributed by atoms with van der Waals surface area (Å²) in [7, 11) is 1.16. The fourth-order valence-electron chi connectivity index (χ4n) is 1.60. The first-order chi connectivity index (χ1) is 5.35. The molecule has 68 valence electrons. The molecule has 0 radical (unpaired) electrons. The maximum atomic E-state index is 2.31. The Hall–Kier alpha value is 0.430. The van der Waals surface area contributed by atoms with Crippen LogP contribution in [0.5, 0.6) is 0 Å². The van der Waals surface area contributed by atoms with Crippen LogP contribution < -0.4 is 0 Å².